The Morgan fingerprint density at radius 1 is 1.47 bits per heavy atom. The zero-order chi connectivity index (χ0) is 11.3. The summed E-state index contributed by atoms with van der Waals surface area (Å²) in [6.45, 7) is 7.28. The minimum absolute atomic E-state index is 0.0609. The van der Waals surface area contributed by atoms with Crippen molar-refractivity contribution in [3.8, 4) is 5.75 Å². The van der Waals surface area contributed by atoms with Gasteiger partial charge in [-0.15, -0.1) is 0 Å². The van der Waals surface area contributed by atoms with E-state index in [1.54, 1.807) is 12.1 Å². The van der Waals surface area contributed by atoms with Gasteiger partial charge in [0.15, 0.2) is 0 Å². The van der Waals surface area contributed by atoms with E-state index in [0.29, 0.717) is 5.56 Å². The zero-order valence-corrected chi connectivity index (χ0v) is 8.18. The minimum Gasteiger partial charge on any atom is -0.482 e. The molecule has 0 spiro atoms. The molecule has 15 heavy (non-hydrogen) atoms. The van der Waals surface area contributed by atoms with Crippen LogP contribution in [0.3, 0.4) is 0 Å². The average Bonchev–Trinajstić information content (AvgIpc) is 2.25. The number of hydrogen-bond donors (Lipinski definition) is 0. The minimum atomic E-state index is -0.481. The number of rotatable bonds is 5. The largest absolute Gasteiger partial charge is 0.482 e. The smallest absolute Gasteiger partial charge is 0.311 e. The Morgan fingerprint density at radius 2 is 2.20 bits per heavy atom. The third-order valence-electron chi connectivity index (χ3n) is 1.79. The predicted molar refractivity (Wildman–Crippen MR) is 58.9 cm³/mol. The van der Waals surface area contributed by atoms with Gasteiger partial charge in [0, 0.05) is 11.6 Å². The summed E-state index contributed by atoms with van der Waals surface area (Å²) in [6.07, 6.45) is 3.05. The Kier molecular flexibility index (Phi) is 3.62. The molecule has 0 atom stereocenters. The van der Waals surface area contributed by atoms with E-state index in [9.17, 15) is 10.1 Å². The maximum absolute atomic E-state index is 10.7. The highest BCUT2D eigenvalue weighted by Gasteiger charge is 2.16. The number of nitro benzene ring substituents is 1. The van der Waals surface area contributed by atoms with E-state index in [1.165, 1.54) is 18.2 Å². The third-order valence-corrected chi connectivity index (χ3v) is 1.79. The van der Waals surface area contributed by atoms with Gasteiger partial charge in [0.05, 0.1) is 4.92 Å². The Hall–Kier alpha value is -2.10. The van der Waals surface area contributed by atoms with Gasteiger partial charge in [-0.2, -0.15) is 0 Å². The summed E-state index contributed by atoms with van der Waals surface area (Å²) in [5.41, 5.74) is 0.542. The van der Waals surface area contributed by atoms with Crippen molar-refractivity contribution in [2.24, 2.45) is 0 Å². The fraction of sp³-hybridized carbons (Fsp3) is 0.0909. The number of nitro groups is 1. The molecule has 0 saturated carbocycles. The normalized spacial score (nSPS) is 9.33. The lowest BCUT2D eigenvalue weighted by molar-refractivity contribution is -0.385. The van der Waals surface area contributed by atoms with Crippen LogP contribution in [0.4, 0.5) is 5.69 Å². The van der Waals surface area contributed by atoms with Crippen LogP contribution in [0.1, 0.15) is 5.56 Å². The van der Waals surface area contributed by atoms with Crippen molar-refractivity contribution in [2.45, 2.75) is 0 Å². The first-order chi connectivity index (χ1) is 7.20. The molecule has 0 amide bonds. The van der Waals surface area contributed by atoms with E-state index in [0.717, 1.165) is 0 Å². The van der Waals surface area contributed by atoms with Crippen molar-refractivity contribution in [2.75, 3.05) is 6.61 Å². The molecule has 0 heterocycles. The van der Waals surface area contributed by atoms with Crippen molar-refractivity contribution >= 4 is 11.8 Å². The molecule has 1 aromatic rings. The van der Waals surface area contributed by atoms with Gasteiger partial charge in [-0.05, 0) is 0 Å². The molecule has 4 nitrogen and oxygen atoms in total. The van der Waals surface area contributed by atoms with Crippen LogP contribution in [0.5, 0.6) is 5.75 Å². The van der Waals surface area contributed by atoms with Gasteiger partial charge in [-0.25, -0.2) is 0 Å². The average molecular weight is 205 g/mol. The molecule has 0 aromatic heterocycles. The molecule has 0 N–H and O–H groups in total. The fourth-order valence-corrected chi connectivity index (χ4v) is 1.15. The fourth-order valence-electron chi connectivity index (χ4n) is 1.15. The van der Waals surface area contributed by atoms with Gasteiger partial charge in [0.1, 0.15) is 6.61 Å². The van der Waals surface area contributed by atoms with Crippen molar-refractivity contribution in [1.29, 1.82) is 0 Å². The molecular formula is C11H11NO3. The first-order valence-corrected chi connectivity index (χ1v) is 4.34. The van der Waals surface area contributed by atoms with E-state index < -0.39 is 4.92 Å². The maximum Gasteiger partial charge on any atom is 0.311 e. The summed E-state index contributed by atoms with van der Waals surface area (Å²) in [6, 6.07) is 4.69. The Morgan fingerprint density at radius 3 is 2.73 bits per heavy atom. The molecule has 0 saturated heterocycles. The molecule has 1 aromatic carbocycles. The van der Waals surface area contributed by atoms with Crippen LogP contribution in [0, 0.1) is 10.1 Å². The molecule has 0 bridgehead atoms. The van der Waals surface area contributed by atoms with Crippen LogP contribution in [-0.4, -0.2) is 11.5 Å². The second-order valence-electron chi connectivity index (χ2n) is 2.76. The van der Waals surface area contributed by atoms with Crippen LogP contribution in [0.15, 0.2) is 37.4 Å². The number of benzene rings is 1. The topological polar surface area (TPSA) is 52.4 Å². The van der Waals surface area contributed by atoms with Crippen LogP contribution < -0.4 is 4.74 Å². The molecule has 0 aliphatic heterocycles. The summed E-state index contributed by atoms with van der Waals surface area (Å²) in [7, 11) is 0. The molecule has 4 heteroatoms. The van der Waals surface area contributed by atoms with E-state index in [4.69, 9.17) is 4.74 Å². The first-order valence-electron chi connectivity index (χ1n) is 4.34. The summed E-state index contributed by atoms with van der Waals surface area (Å²) in [4.78, 5) is 10.2. The molecule has 0 fully saturated rings. The van der Waals surface area contributed by atoms with E-state index in [2.05, 4.69) is 13.2 Å². The lowest BCUT2D eigenvalue weighted by atomic mass is 10.1. The maximum atomic E-state index is 10.7. The van der Waals surface area contributed by atoms with Gasteiger partial charge in [0.25, 0.3) is 0 Å². The van der Waals surface area contributed by atoms with Gasteiger partial charge in [-0.3, -0.25) is 10.1 Å². The van der Waals surface area contributed by atoms with Crippen LogP contribution >= 0.6 is 0 Å². The Bertz CT molecular complexity index is 399. The SMILES string of the molecule is C=CCOc1c(C=C)cccc1[N+](=O)[O-]. The quantitative estimate of drug-likeness (QED) is 0.422. The number of ether oxygens (including phenoxy) is 1. The zero-order valence-electron chi connectivity index (χ0n) is 8.18. The summed E-state index contributed by atoms with van der Waals surface area (Å²) in [5, 5.41) is 10.7. The highest BCUT2D eigenvalue weighted by Crippen LogP contribution is 2.31. The third kappa shape index (κ3) is 2.43. The summed E-state index contributed by atoms with van der Waals surface area (Å²) in [5.74, 6) is 0.234. The Labute approximate surface area is 87.6 Å². The van der Waals surface area contributed by atoms with Crippen LogP contribution in [-0.2, 0) is 0 Å². The van der Waals surface area contributed by atoms with Crippen molar-refractivity contribution in [3.63, 3.8) is 0 Å². The number of para-hydroxylation sites is 1. The standard InChI is InChI=1S/C11H11NO3/c1-3-8-15-11-9(4-2)6-5-7-10(11)12(13)14/h3-7H,1-2,8H2. The highest BCUT2D eigenvalue weighted by molar-refractivity contribution is 5.63. The molecular weight excluding hydrogens is 194 g/mol. The van der Waals surface area contributed by atoms with Gasteiger partial charge >= 0.3 is 5.69 Å². The van der Waals surface area contributed by atoms with Gasteiger partial charge in [0.2, 0.25) is 5.75 Å². The number of hydrogen-bond acceptors (Lipinski definition) is 3. The monoisotopic (exact) mass is 205 g/mol. The summed E-state index contributed by atoms with van der Waals surface area (Å²) >= 11 is 0. The van der Waals surface area contributed by atoms with Gasteiger partial charge in [-0.1, -0.05) is 37.4 Å². The molecule has 1 rings (SSSR count). The van der Waals surface area contributed by atoms with Gasteiger partial charge < -0.3 is 4.74 Å². The highest BCUT2D eigenvalue weighted by atomic mass is 16.6. The number of nitrogens with zero attached hydrogens (tertiary/aromatic N) is 1. The summed E-state index contributed by atoms with van der Waals surface area (Å²) < 4.78 is 5.24. The van der Waals surface area contributed by atoms with Crippen molar-refractivity contribution < 1.29 is 9.66 Å². The second-order valence-corrected chi connectivity index (χ2v) is 2.76. The van der Waals surface area contributed by atoms with E-state index in [1.807, 2.05) is 0 Å². The van der Waals surface area contributed by atoms with E-state index in [-0.39, 0.29) is 18.0 Å². The lowest BCUT2D eigenvalue weighted by Gasteiger charge is -2.07. The van der Waals surface area contributed by atoms with Crippen molar-refractivity contribution in [3.05, 3.63) is 53.1 Å². The molecule has 0 aliphatic rings. The Balaban J connectivity index is 3.19. The first kappa shape index (κ1) is 11.0. The molecule has 0 radical (unpaired) electrons. The van der Waals surface area contributed by atoms with Crippen LogP contribution in [0.2, 0.25) is 0 Å². The predicted octanol–water partition coefficient (Wildman–Crippen LogP) is 2.80. The van der Waals surface area contributed by atoms with Crippen molar-refractivity contribution in [1.82, 2.24) is 0 Å². The molecule has 0 unspecified atom stereocenters. The molecule has 78 valence electrons. The van der Waals surface area contributed by atoms with E-state index >= 15 is 0 Å². The molecule has 0 aliphatic carbocycles. The second kappa shape index (κ2) is 4.95. The lowest BCUT2D eigenvalue weighted by Crippen LogP contribution is -1.99. The van der Waals surface area contributed by atoms with Crippen LogP contribution in [0.25, 0.3) is 6.08 Å².